The van der Waals surface area contributed by atoms with Crippen LogP contribution >= 0.6 is 11.6 Å². The highest BCUT2D eigenvalue weighted by Crippen LogP contribution is 2.24. The lowest BCUT2D eigenvalue weighted by Crippen LogP contribution is -3.15. The third-order valence-electron chi connectivity index (χ3n) is 5.75. The molecule has 6 nitrogen and oxygen atoms in total. The Labute approximate surface area is 166 Å². The molecule has 1 aromatic rings. The lowest BCUT2D eigenvalue weighted by atomic mass is 9.86. The van der Waals surface area contributed by atoms with Gasteiger partial charge in [0.2, 0.25) is 10.0 Å². The smallest absolute Gasteiger partial charge is 0.275 e. The number of halogens is 1. The molecule has 0 radical (unpaired) electrons. The molecule has 1 aliphatic carbocycles. The van der Waals surface area contributed by atoms with Crippen molar-refractivity contribution in [3.8, 4) is 0 Å². The molecule has 1 saturated carbocycles. The Kier molecular flexibility index (Phi) is 6.78. The highest BCUT2D eigenvalue weighted by Gasteiger charge is 2.32. The Morgan fingerprint density at radius 2 is 1.89 bits per heavy atom. The van der Waals surface area contributed by atoms with Crippen LogP contribution < -0.4 is 10.2 Å². The van der Waals surface area contributed by atoms with Crippen molar-refractivity contribution >= 4 is 27.5 Å². The number of sulfonamides is 1. The molecule has 8 heteroatoms. The zero-order valence-corrected chi connectivity index (χ0v) is 17.4. The second kappa shape index (κ2) is 8.90. The third-order valence-corrected chi connectivity index (χ3v) is 8.15. The first-order chi connectivity index (χ1) is 12.9. The Morgan fingerprint density at radius 3 is 2.56 bits per heavy atom. The molecule has 2 N–H and O–H groups in total. The first kappa shape index (κ1) is 20.6. The summed E-state index contributed by atoms with van der Waals surface area (Å²) >= 11 is 6.07. The summed E-state index contributed by atoms with van der Waals surface area (Å²) < 4.78 is 27.0. The quantitative estimate of drug-likeness (QED) is 0.752. The molecular formula is C19H29ClN3O3S+. The molecular weight excluding hydrogens is 386 g/mol. The van der Waals surface area contributed by atoms with Crippen LogP contribution in [-0.4, -0.2) is 57.4 Å². The summed E-state index contributed by atoms with van der Waals surface area (Å²) in [5.74, 6) is 0.612. The largest absolute Gasteiger partial charge is 0.348 e. The number of carbonyl (C=O) groups excluding carboxylic acids is 1. The zero-order valence-electron chi connectivity index (χ0n) is 15.8. The predicted octanol–water partition coefficient (Wildman–Crippen LogP) is 0.924. The fourth-order valence-corrected chi connectivity index (χ4v) is 5.96. The lowest BCUT2D eigenvalue weighted by molar-refractivity contribution is -0.895. The van der Waals surface area contributed by atoms with Crippen molar-refractivity contribution in [3.63, 3.8) is 0 Å². The van der Waals surface area contributed by atoms with Crippen LogP contribution in [0.5, 0.6) is 0 Å². The van der Waals surface area contributed by atoms with Crippen LogP contribution in [0.25, 0.3) is 0 Å². The molecule has 27 heavy (non-hydrogen) atoms. The van der Waals surface area contributed by atoms with Crippen molar-refractivity contribution in [1.29, 1.82) is 0 Å². The lowest BCUT2D eigenvalue weighted by Gasteiger charge is -2.33. The highest BCUT2D eigenvalue weighted by molar-refractivity contribution is 7.89. The Balaban J connectivity index is 1.51. The first-order valence-electron chi connectivity index (χ1n) is 9.75. The van der Waals surface area contributed by atoms with Crippen LogP contribution in [0.4, 0.5) is 0 Å². The van der Waals surface area contributed by atoms with Crippen LogP contribution in [0.15, 0.2) is 29.2 Å². The van der Waals surface area contributed by atoms with Gasteiger partial charge in [-0.05, 0) is 30.9 Å². The molecule has 1 amide bonds. The van der Waals surface area contributed by atoms with Crippen LogP contribution in [0.3, 0.4) is 0 Å². The number of piperazine rings is 1. The van der Waals surface area contributed by atoms with Crippen molar-refractivity contribution in [2.75, 3.05) is 32.7 Å². The summed E-state index contributed by atoms with van der Waals surface area (Å²) in [7, 11) is -3.59. The first-order valence-corrected chi connectivity index (χ1v) is 11.6. The molecule has 0 unspecified atom stereocenters. The van der Waals surface area contributed by atoms with Crippen LogP contribution in [0, 0.1) is 5.92 Å². The number of nitrogens with zero attached hydrogens (tertiary/aromatic N) is 1. The van der Waals surface area contributed by atoms with E-state index < -0.39 is 10.0 Å². The maximum atomic E-state index is 12.8. The minimum absolute atomic E-state index is 0.0751. The van der Waals surface area contributed by atoms with Crippen molar-refractivity contribution in [3.05, 3.63) is 29.3 Å². The minimum atomic E-state index is -3.59. The topological polar surface area (TPSA) is 70.9 Å². The van der Waals surface area contributed by atoms with Crippen molar-refractivity contribution in [1.82, 2.24) is 9.62 Å². The van der Waals surface area contributed by atoms with Crippen LogP contribution in [0.1, 0.15) is 32.6 Å². The van der Waals surface area contributed by atoms with Crippen LogP contribution in [-0.2, 0) is 14.8 Å². The fourth-order valence-electron chi connectivity index (χ4n) is 4.03. The number of nitrogens with one attached hydrogen (secondary N) is 2. The Hall–Kier alpha value is -1.15. The third kappa shape index (κ3) is 5.02. The van der Waals surface area contributed by atoms with E-state index in [-0.39, 0.29) is 21.9 Å². The van der Waals surface area contributed by atoms with E-state index in [9.17, 15) is 13.2 Å². The molecule has 1 saturated heterocycles. The zero-order chi connectivity index (χ0) is 19.4. The van der Waals surface area contributed by atoms with E-state index >= 15 is 0 Å². The summed E-state index contributed by atoms with van der Waals surface area (Å²) in [6.07, 6.45) is 4.67. The monoisotopic (exact) mass is 414 g/mol. The Bertz CT molecular complexity index is 763. The van der Waals surface area contributed by atoms with Gasteiger partial charge in [-0.15, -0.1) is 0 Å². The number of carbonyl (C=O) groups is 1. The van der Waals surface area contributed by atoms with Gasteiger partial charge in [0.15, 0.2) is 6.54 Å². The van der Waals surface area contributed by atoms with Gasteiger partial charge in [-0.25, -0.2) is 8.42 Å². The number of quaternary nitrogens is 1. The van der Waals surface area contributed by atoms with E-state index in [1.807, 2.05) is 0 Å². The average Bonchev–Trinajstić information content (AvgIpc) is 2.64. The number of hydrogen-bond donors (Lipinski definition) is 2. The van der Waals surface area contributed by atoms with E-state index in [2.05, 4.69) is 12.2 Å². The molecule has 0 bridgehead atoms. The van der Waals surface area contributed by atoms with Gasteiger partial charge < -0.3 is 10.2 Å². The second-order valence-corrected chi connectivity index (χ2v) is 10.0. The summed E-state index contributed by atoms with van der Waals surface area (Å²) in [6, 6.07) is 6.81. The van der Waals surface area contributed by atoms with E-state index in [4.69, 9.17) is 11.6 Å². The molecule has 1 aliphatic heterocycles. The molecule has 3 rings (SSSR count). The molecule has 1 aromatic carbocycles. The van der Waals surface area contributed by atoms with Crippen molar-refractivity contribution in [2.24, 2.45) is 5.92 Å². The number of rotatable bonds is 5. The number of amides is 1. The molecule has 2 aliphatic rings. The number of benzene rings is 1. The van der Waals surface area contributed by atoms with Gasteiger partial charge in [0.25, 0.3) is 5.91 Å². The van der Waals surface area contributed by atoms with Gasteiger partial charge in [0.05, 0.1) is 31.2 Å². The predicted molar refractivity (Wildman–Crippen MR) is 105 cm³/mol. The summed E-state index contributed by atoms with van der Waals surface area (Å²) in [6.45, 7) is 4.65. The minimum Gasteiger partial charge on any atom is -0.348 e. The SMILES string of the molecule is C[C@@H]1CCCC[C@@H]1NC(=O)C[NH+]1CCN(S(=O)(=O)c2ccccc2Cl)CC1. The molecule has 0 aromatic heterocycles. The van der Waals surface area contributed by atoms with Crippen molar-refractivity contribution in [2.45, 2.75) is 43.5 Å². The normalized spacial score (nSPS) is 25.3. The van der Waals surface area contributed by atoms with Gasteiger partial charge in [0, 0.05) is 6.04 Å². The van der Waals surface area contributed by atoms with E-state index in [1.165, 1.54) is 29.6 Å². The Morgan fingerprint density at radius 1 is 1.22 bits per heavy atom. The highest BCUT2D eigenvalue weighted by atomic mass is 35.5. The van der Waals surface area contributed by atoms with E-state index in [0.29, 0.717) is 38.6 Å². The molecule has 0 spiro atoms. The molecule has 150 valence electrons. The summed E-state index contributed by atoms with van der Waals surface area (Å²) in [5, 5.41) is 3.43. The average molecular weight is 415 g/mol. The van der Waals surface area contributed by atoms with E-state index in [1.54, 1.807) is 18.2 Å². The second-order valence-electron chi connectivity index (χ2n) is 7.70. The molecule has 2 fully saturated rings. The summed E-state index contributed by atoms with van der Waals surface area (Å²) in [4.78, 5) is 13.7. The molecule has 2 atom stereocenters. The van der Waals surface area contributed by atoms with Gasteiger partial charge >= 0.3 is 0 Å². The molecule has 1 heterocycles. The van der Waals surface area contributed by atoms with Crippen LogP contribution in [0.2, 0.25) is 5.02 Å². The van der Waals surface area contributed by atoms with Gasteiger partial charge in [0.1, 0.15) is 4.90 Å². The summed E-state index contributed by atoms with van der Waals surface area (Å²) in [5.41, 5.74) is 0. The number of hydrogen-bond acceptors (Lipinski definition) is 3. The van der Waals surface area contributed by atoms with Gasteiger partial charge in [-0.2, -0.15) is 4.31 Å². The van der Waals surface area contributed by atoms with Crippen molar-refractivity contribution < 1.29 is 18.1 Å². The standard InChI is InChI=1S/C19H28ClN3O3S/c1-15-6-2-4-8-17(15)21-19(24)14-22-10-12-23(13-11-22)27(25,26)18-9-5-3-7-16(18)20/h3,5,7,9,15,17H,2,4,6,8,10-14H2,1H3,(H,21,24)/p+1/t15-,17+/m1/s1. The maximum absolute atomic E-state index is 12.8. The van der Waals surface area contributed by atoms with Gasteiger partial charge in [-0.1, -0.05) is 43.5 Å². The van der Waals surface area contributed by atoms with Gasteiger partial charge in [-0.3, -0.25) is 4.79 Å². The van der Waals surface area contributed by atoms with E-state index in [0.717, 1.165) is 11.3 Å². The fraction of sp³-hybridized carbons (Fsp3) is 0.632. The maximum Gasteiger partial charge on any atom is 0.275 e.